The maximum absolute atomic E-state index is 14.0. The highest BCUT2D eigenvalue weighted by Crippen LogP contribution is 2.38. The Balaban J connectivity index is 1.70. The molecule has 0 bridgehead atoms. The van der Waals surface area contributed by atoms with E-state index in [0.29, 0.717) is 31.9 Å². The highest BCUT2D eigenvalue weighted by molar-refractivity contribution is 5.92. The van der Waals surface area contributed by atoms with Crippen LogP contribution in [0, 0.1) is 5.82 Å². The topological polar surface area (TPSA) is 126 Å². The van der Waals surface area contributed by atoms with Crippen molar-refractivity contribution in [1.82, 2.24) is 30.0 Å². The minimum absolute atomic E-state index is 0.0467. The Labute approximate surface area is 196 Å². The number of nitrogens with one attached hydrogen (secondary N) is 1. The normalized spacial score (nSPS) is 14.5. The van der Waals surface area contributed by atoms with Gasteiger partial charge in [-0.1, -0.05) is 13.8 Å². The van der Waals surface area contributed by atoms with Crippen LogP contribution >= 0.6 is 0 Å². The zero-order valence-corrected chi connectivity index (χ0v) is 19.0. The van der Waals surface area contributed by atoms with Gasteiger partial charge in [0.25, 0.3) is 5.91 Å². The molecule has 3 heterocycles. The number of hydrogen-bond donors (Lipinski definition) is 3. The molecular formula is C23H27FN6O4. The molecule has 180 valence electrons. The molecule has 1 aliphatic heterocycles. The Morgan fingerprint density at radius 2 is 1.91 bits per heavy atom. The number of amides is 1. The molecule has 1 fully saturated rings. The number of phenolic OH excluding ortho intramolecular Hbond substituents is 2. The SMILES string of the molecule is CC(C)c1cc(-c2nnc(C(=O)NCCN3CCOCC3)n2-c2cncc(F)c2)c(O)cc1O. The van der Waals surface area contributed by atoms with E-state index < -0.39 is 11.7 Å². The van der Waals surface area contributed by atoms with Crippen LogP contribution in [-0.4, -0.2) is 80.2 Å². The second-order valence-electron chi connectivity index (χ2n) is 8.34. The number of hydrogen-bond acceptors (Lipinski definition) is 8. The van der Waals surface area contributed by atoms with Crippen molar-refractivity contribution in [3.05, 3.63) is 47.8 Å². The van der Waals surface area contributed by atoms with E-state index in [4.69, 9.17) is 4.74 Å². The molecular weight excluding hydrogens is 443 g/mol. The maximum Gasteiger partial charge on any atom is 0.289 e. The Morgan fingerprint density at radius 1 is 1.15 bits per heavy atom. The van der Waals surface area contributed by atoms with E-state index in [1.807, 2.05) is 13.8 Å². The highest BCUT2D eigenvalue weighted by Gasteiger charge is 2.25. The molecule has 1 aromatic carbocycles. The molecule has 2 aromatic heterocycles. The first-order valence-electron chi connectivity index (χ1n) is 11.1. The summed E-state index contributed by atoms with van der Waals surface area (Å²) >= 11 is 0. The van der Waals surface area contributed by atoms with Gasteiger partial charge in [-0.2, -0.15) is 0 Å². The minimum Gasteiger partial charge on any atom is -0.508 e. The van der Waals surface area contributed by atoms with Crippen LogP contribution in [0.5, 0.6) is 11.5 Å². The standard InChI is InChI=1S/C23H27FN6O4/c1-14(2)17-10-18(20(32)11-19(17)31)21-27-28-22(30(21)16-9-15(24)12-25-13-16)23(33)26-3-4-29-5-7-34-8-6-29/h9-14,31-32H,3-8H2,1-2H3,(H,26,33). The fourth-order valence-electron chi connectivity index (χ4n) is 3.84. The molecule has 3 aromatic rings. The van der Waals surface area contributed by atoms with Crippen LogP contribution in [0.4, 0.5) is 4.39 Å². The summed E-state index contributed by atoms with van der Waals surface area (Å²) in [7, 11) is 0. The van der Waals surface area contributed by atoms with Crippen molar-refractivity contribution in [3.63, 3.8) is 0 Å². The molecule has 11 heteroatoms. The largest absolute Gasteiger partial charge is 0.508 e. The third-order valence-electron chi connectivity index (χ3n) is 5.64. The lowest BCUT2D eigenvalue weighted by molar-refractivity contribution is 0.0383. The van der Waals surface area contributed by atoms with Gasteiger partial charge in [0.2, 0.25) is 5.82 Å². The van der Waals surface area contributed by atoms with Gasteiger partial charge >= 0.3 is 0 Å². The lowest BCUT2D eigenvalue weighted by Gasteiger charge is -2.26. The van der Waals surface area contributed by atoms with Gasteiger partial charge in [0, 0.05) is 38.3 Å². The van der Waals surface area contributed by atoms with E-state index in [1.165, 1.54) is 22.9 Å². The predicted molar refractivity (Wildman–Crippen MR) is 122 cm³/mol. The third-order valence-corrected chi connectivity index (χ3v) is 5.64. The van der Waals surface area contributed by atoms with Crippen molar-refractivity contribution >= 4 is 5.91 Å². The van der Waals surface area contributed by atoms with Crippen molar-refractivity contribution in [2.45, 2.75) is 19.8 Å². The van der Waals surface area contributed by atoms with E-state index in [1.54, 1.807) is 6.07 Å². The van der Waals surface area contributed by atoms with E-state index in [2.05, 4.69) is 25.4 Å². The molecule has 34 heavy (non-hydrogen) atoms. The molecule has 0 saturated carbocycles. The Bertz CT molecular complexity index is 1180. The molecule has 10 nitrogen and oxygen atoms in total. The first-order valence-corrected chi connectivity index (χ1v) is 11.1. The Kier molecular flexibility index (Phi) is 7.03. The summed E-state index contributed by atoms with van der Waals surface area (Å²) in [6, 6.07) is 4.00. The smallest absolute Gasteiger partial charge is 0.289 e. The van der Waals surface area contributed by atoms with Gasteiger partial charge in [-0.15, -0.1) is 10.2 Å². The van der Waals surface area contributed by atoms with Crippen LogP contribution in [0.2, 0.25) is 0 Å². The quantitative estimate of drug-likeness (QED) is 0.479. The number of rotatable bonds is 7. The van der Waals surface area contributed by atoms with Gasteiger partial charge in [0.1, 0.15) is 17.3 Å². The summed E-state index contributed by atoms with van der Waals surface area (Å²) in [6.45, 7) is 7.72. The number of phenols is 2. The number of pyridine rings is 1. The van der Waals surface area contributed by atoms with Gasteiger partial charge < -0.3 is 20.3 Å². The average Bonchev–Trinajstić information content (AvgIpc) is 3.24. The van der Waals surface area contributed by atoms with Crippen molar-refractivity contribution in [2.24, 2.45) is 0 Å². The second kappa shape index (κ2) is 10.1. The molecule has 1 aliphatic rings. The van der Waals surface area contributed by atoms with E-state index in [9.17, 15) is 19.4 Å². The van der Waals surface area contributed by atoms with Gasteiger partial charge in [0.15, 0.2) is 5.82 Å². The second-order valence-corrected chi connectivity index (χ2v) is 8.34. The van der Waals surface area contributed by atoms with Crippen LogP contribution in [0.3, 0.4) is 0 Å². The molecule has 3 N–H and O–H groups in total. The van der Waals surface area contributed by atoms with Crippen LogP contribution in [0.15, 0.2) is 30.6 Å². The lowest BCUT2D eigenvalue weighted by atomic mass is 9.98. The van der Waals surface area contributed by atoms with E-state index in [-0.39, 0.29) is 40.3 Å². The first kappa shape index (κ1) is 23.6. The molecule has 0 atom stereocenters. The molecule has 0 radical (unpaired) electrons. The number of aromatic hydroxyl groups is 2. The van der Waals surface area contributed by atoms with Gasteiger partial charge in [-0.3, -0.25) is 19.2 Å². The molecule has 4 rings (SSSR count). The summed E-state index contributed by atoms with van der Waals surface area (Å²) in [6.07, 6.45) is 2.42. The zero-order chi connectivity index (χ0) is 24.2. The number of halogens is 1. The number of carbonyl (C=O) groups is 1. The third kappa shape index (κ3) is 5.00. The van der Waals surface area contributed by atoms with Crippen LogP contribution in [0.25, 0.3) is 17.1 Å². The average molecular weight is 471 g/mol. The van der Waals surface area contributed by atoms with Gasteiger partial charge in [-0.05, 0) is 17.5 Å². The molecule has 0 unspecified atom stereocenters. The summed E-state index contributed by atoms with van der Waals surface area (Å²) < 4.78 is 20.7. The number of aromatic nitrogens is 4. The lowest BCUT2D eigenvalue weighted by Crippen LogP contribution is -2.41. The summed E-state index contributed by atoms with van der Waals surface area (Å²) in [5.41, 5.74) is 1.04. The van der Waals surface area contributed by atoms with Gasteiger partial charge in [-0.25, -0.2) is 4.39 Å². The fourth-order valence-corrected chi connectivity index (χ4v) is 3.84. The number of carbonyl (C=O) groups excluding carboxylic acids is 1. The van der Waals surface area contributed by atoms with E-state index >= 15 is 0 Å². The van der Waals surface area contributed by atoms with Crippen LogP contribution in [0.1, 0.15) is 35.9 Å². The number of morpholine rings is 1. The summed E-state index contributed by atoms with van der Waals surface area (Å²) in [5, 5.41) is 31.8. The van der Waals surface area contributed by atoms with Crippen molar-refractivity contribution in [3.8, 4) is 28.6 Å². The monoisotopic (exact) mass is 470 g/mol. The zero-order valence-electron chi connectivity index (χ0n) is 19.0. The predicted octanol–water partition coefficient (Wildman–Crippen LogP) is 2.06. The molecule has 1 saturated heterocycles. The van der Waals surface area contributed by atoms with Gasteiger partial charge in [0.05, 0.1) is 36.9 Å². The minimum atomic E-state index is -0.603. The van der Waals surface area contributed by atoms with Crippen molar-refractivity contribution in [2.75, 3.05) is 39.4 Å². The number of ether oxygens (including phenoxy) is 1. The van der Waals surface area contributed by atoms with Crippen molar-refractivity contribution in [1.29, 1.82) is 0 Å². The fraction of sp³-hybridized carbons (Fsp3) is 0.391. The van der Waals surface area contributed by atoms with Crippen molar-refractivity contribution < 1.29 is 24.1 Å². The number of benzene rings is 1. The highest BCUT2D eigenvalue weighted by atomic mass is 19.1. The Hall–Kier alpha value is -3.57. The number of nitrogens with zero attached hydrogens (tertiary/aromatic N) is 5. The maximum atomic E-state index is 14.0. The molecule has 0 aliphatic carbocycles. The van der Waals surface area contributed by atoms with Crippen LogP contribution in [-0.2, 0) is 4.74 Å². The summed E-state index contributed by atoms with van der Waals surface area (Å²) in [5.74, 6) is -1.43. The summed E-state index contributed by atoms with van der Waals surface area (Å²) in [4.78, 5) is 19.1. The molecule has 0 spiro atoms. The first-order chi connectivity index (χ1) is 16.3. The molecule has 1 amide bonds. The van der Waals surface area contributed by atoms with Crippen LogP contribution < -0.4 is 5.32 Å². The Morgan fingerprint density at radius 3 is 2.62 bits per heavy atom. The van der Waals surface area contributed by atoms with E-state index in [0.717, 1.165) is 19.3 Å².